The molecule has 0 saturated carbocycles. The number of hydrogen-bond donors (Lipinski definition) is 2. The van der Waals surface area contributed by atoms with Crippen molar-refractivity contribution in [2.24, 2.45) is 0 Å². The van der Waals surface area contributed by atoms with Gasteiger partial charge in [-0.2, -0.15) is 0 Å². The number of unbranched alkanes of at least 4 members (excludes halogenated alkanes) is 16. The molecule has 2 heteroatoms. The summed E-state index contributed by atoms with van der Waals surface area (Å²) in [5.41, 5.74) is 0. The first kappa shape index (κ1) is 28.1. The van der Waals surface area contributed by atoms with Gasteiger partial charge in [0.15, 0.2) is 0 Å². The summed E-state index contributed by atoms with van der Waals surface area (Å²) in [5, 5.41) is 17.6. The second-order valence-electron chi connectivity index (χ2n) is 8.02. The van der Waals surface area contributed by atoms with Gasteiger partial charge < -0.3 is 10.2 Å². The average molecular weight is 373 g/mol. The zero-order chi connectivity index (χ0) is 19.7. The van der Waals surface area contributed by atoms with E-state index in [0.717, 1.165) is 12.8 Å². The van der Waals surface area contributed by atoms with Gasteiger partial charge in [-0.3, -0.25) is 0 Å². The smallest absolute Gasteiger partial charge is 0.0512 e. The molecule has 0 aromatic heterocycles. The highest BCUT2D eigenvalue weighted by Gasteiger charge is 1.95. The zero-order valence-corrected chi connectivity index (χ0v) is 18.6. The predicted molar refractivity (Wildman–Crippen MR) is 118 cm³/mol. The lowest BCUT2D eigenvalue weighted by molar-refractivity contribution is 0.180. The fourth-order valence-electron chi connectivity index (χ4n) is 3.17. The van der Waals surface area contributed by atoms with E-state index in [1.54, 1.807) is 0 Å². The van der Waals surface area contributed by atoms with E-state index in [1.165, 1.54) is 109 Å². The minimum atomic E-state index is -0.0971. The maximum Gasteiger partial charge on any atom is 0.0512 e. The van der Waals surface area contributed by atoms with Gasteiger partial charge in [0.1, 0.15) is 0 Å². The molecule has 2 N–H and O–H groups in total. The molecular formula is C24H52O2. The van der Waals surface area contributed by atoms with Crippen LogP contribution in [0.1, 0.15) is 143 Å². The Hall–Kier alpha value is -0.0800. The number of aliphatic hydroxyl groups is 2. The number of hydrogen-bond acceptors (Lipinski definition) is 2. The fraction of sp³-hybridized carbons (Fsp3) is 1.00. The first-order valence-electron chi connectivity index (χ1n) is 12.0. The lowest BCUT2D eigenvalue weighted by Gasteiger charge is -2.03. The molecule has 0 bridgehead atoms. The Kier molecular flexibility index (Phi) is 29.4. The molecular weight excluding hydrogens is 320 g/mol. The molecule has 0 heterocycles. The molecule has 0 aliphatic rings. The van der Waals surface area contributed by atoms with E-state index in [-0.39, 0.29) is 6.10 Å². The van der Waals surface area contributed by atoms with Crippen molar-refractivity contribution >= 4 is 0 Å². The van der Waals surface area contributed by atoms with Crippen LogP contribution in [-0.4, -0.2) is 22.9 Å². The van der Waals surface area contributed by atoms with Crippen molar-refractivity contribution in [1.29, 1.82) is 0 Å². The van der Waals surface area contributed by atoms with Crippen LogP contribution < -0.4 is 0 Å². The summed E-state index contributed by atoms with van der Waals surface area (Å²) in [4.78, 5) is 0. The maximum atomic E-state index is 9.03. The fourth-order valence-corrected chi connectivity index (χ4v) is 3.17. The van der Waals surface area contributed by atoms with Crippen LogP contribution in [0.15, 0.2) is 0 Å². The monoisotopic (exact) mass is 372 g/mol. The third kappa shape index (κ3) is 31.7. The molecule has 160 valence electrons. The van der Waals surface area contributed by atoms with Crippen molar-refractivity contribution in [3.8, 4) is 0 Å². The van der Waals surface area contributed by atoms with E-state index in [2.05, 4.69) is 13.8 Å². The Morgan fingerprint density at radius 1 is 0.500 bits per heavy atom. The van der Waals surface area contributed by atoms with Gasteiger partial charge in [0.05, 0.1) is 6.10 Å². The van der Waals surface area contributed by atoms with Crippen LogP contribution in [-0.2, 0) is 0 Å². The van der Waals surface area contributed by atoms with E-state index >= 15 is 0 Å². The Bertz CT molecular complexity index is 206. The number of rotatable bonds is 19. The van der Waals surface area contributed by atoms with Gasteiger partial charge >= 0.3 is 0 Å². The third-order valence-electron chi connectivity index (χ3n) is 4.99. The van der Waals surface area contributed by atoms with Crippen molar-refractivity contribution in [2.45, 2.75) is 149 Å². The van der Waals surface area contributed by atoms with Gasteiger partial charge in [-0.1, -0.05) is 123 Å². The summed E-state index contributed by atoms with van der Waals surface area (Å²) in [7, 11) is 0. The SMILES string of the molecule is CCCCCCCCCCC(C)O.CCCCCCCCCCCCO. The van der Waals surface area contributed by atoms with Gasteiger partial charge in [-0.05, 0) is 19.8 Å². The molecule has 0 aliphatic carbocycles. The summed E-state index contributed by atoms with van der Waals surface area (Å²) in [6, 6.07) is 0. The molecule has 0 rings (SSSR count). The summed E-state index contributed by atoms with van der Waals surface area (Å²) in [6.45, 7) is 6.76. The molecule has 2 nitrogen and oxygen atoms in total. The lowest BCUT2D eigenvalue weighted by atomic mass is 10.1. The standard InChI is InChI=1S/2C12H26O/c1-3-4-5-6-7-8-9-10-11-12(2)13;1-2-3-4-5-6-7-8-9-10-11-12-13/h12-13H,3-11H2,1-2H3;13H,2-12H2,1H3. The molecule has 0 saturated heterocycles. The lowest BCUT2D eigenvalue weighted by Crippen LogP contribution is -1.98. The van der Waals surface area contributed by atoms with Crippen LogP contribution >= 0.6 is 0 Å². The molecule has 0 spiro atoms. The highest BCUT2D eigenvalue weighted by molar-refractivity contribution is 4.50. The molecule has 0 radical (unpaired) electrons. The van der Waals surface area contributed by atoms with Gasteiger partial charge in [-0.25, -0.2) is 0 Å². The number of aliphatic hydroxyl groups excluding tert-OH is 2. The van der Waals surface area contributed by atoms with Crippen LogP contribution in [0, 0.1) is 0 Å². The Morgan fingerprint density at radius 2 is 0.808 bits per heavy atom. The zero-order valence-electron chi connectivity index (χ0n) is 18.6. The van der Waals surface area contributed by atoms with Crippen molar-refractivity contribution < 1.29 is 10.2 Å². The maximum absolute atomic E-state index is 9.03. The van der Waals surface area contributed by atoms with E-state index in [9.17, 15) is 0 Å². The molecule has 26 heavy (non-hydrogen) atoms. The largest absolute Gasteiger partial charge is 0.396 e. The molecule has 0 aliphatic heterocycles. The molecule has 0 aromatic rings. The molecule has 1 unspecified atom stereocenters. The molecule has 0 amide bonds. The first-order chi connectivity index (χ1) is 12.7. The van der Waals surface area contributed by atoms with Crippen LogP contribution in [0.3, 0.4) is 0 Å². The van der Waals surface area contributed by atoms with Crippen molar-refractivity contribution in [2.75, 3.05) is 6.61 Å². The summed E-state index contributed by atoms with van der Waals surface area (Å²) >= 11 is 0. The van der Waals surface area contributed by atoms with Gasteiger partial charge in [0.25, 0.3) is 0 Å². The Labute approximate surface area is 166 Å². The topological polar surface area (TPSA) is 40.5 Å². The van der Waals surface area contributed by atoms with Crippen LogP contribution in [0.5, 0.6) is 0 Å². The minimum Gasteiger partial charge on any atom is -0.396 e. The first-order valence-corrected chi connectivity index (χ1v) is 12.0. The predicted octanol–water partition coefficient (Wildman–Crippen LogP) is 7.80. The van der Waals surface area contributed by atoms with Gasteiger partial charge in [0.2, 0.25) is 0 Å². The molecule has 0 fully saturated rings. The summed E-state index contributed by atoms with van der Waals surface area (Å²) < 4.78 is 0. The molecule has 1 atom stereocenters. The summed E-state index contributed by atoms with van der Waals surface area (Å²) in [5.74, 6) is 0. The Morgan fingerprint density at radius 3 is 1.12 bits per heavy atom. The van der Waals surface area contributed by atoms with E-state index in [4.69, 9.17) is 10.2 Å². The highest BCUT2D eigenvalue weighted by atomic mass is 16.3. The minimum absolute atomic E-state index is 0.0971. The summed E-state index contributed by atoms with van der Waals surface area (Å²) in [6.07, 6.45) is 25.0. The third-order valence-corrected chi connectivity index (χ3v) is 4.99. The highest BCUT2D eigenvalue weighted by Crippen LogP contribution is 2.11. The average Bonchev–Trinajstić information content (AvgIpc) is 2.63. The quantitative estimate of drug-likeness (QED) is 0.227. The normalized spacial score (nSPS) is 11.9. The van der Waals surface area contributed by atoms with Crippen LogP contribution in [0.2, 0.25) is 0 Å². The van der Waals surface area contributed by atoms with Crippen LogP contribution in [0.4, 0.5) is 0 Å². The Balaban J connectivity index is 0. The van der Waals surface area contributed by atoms with Crippen molar-refractivity contribution in [3.05, 3.63) is 0 Å². The van der Waals surface area contributed by atoms with Crippen molar-refractivity contribution in [1.82, 2.24) is 0 Å². The van der Waals surface area contributed by atoms with Crippen LogP contribution in [0.25, 0.3) is 0 Å². The molecule has 0 aromatic carbocycles. The second-order valence-corrected chi connectivity index (χ2v) is 8.02. The van der Waals surface area contributed by atoms with E-state index < -0.39 is 0 Å². The second kappa shape index (κ2) is 27.1. The van der Waals surface area contributed by atoms with Crippen molar-refractivity contribution in [3.63, 3.8) is 0 Å². The van der Waals surface area contributed by atoms with Gasteiger partial charge in [-0.15, -0.1) is 0 Å². The van der Waals surface area contributed by atoms with E-state index in [0.29, 0.717) is 6.61 Å². The van der Waals surface area contributed by atoms with Gasteiger partial charge in [0, 0.05) is 6.61 Å². The van der Waals surface area contributed by atoms with E-state index in [1.807, 2.05) is 6.92 Å².